The second-order valence-corrected chi connectivity index (χ2v) is 4.96. The number of benzene rings is 1. The number of aromatic hydroxyl groups is 1. The second kappa shape index (κ2) is 6.71. The smallest absolute Gasteiger partial charge is 0.260 e. The highest BCUT2D eigenvalue weighted by molar-refractivity contribution is 5.83. The van der Waals surface area contributed by atoms with Crippen LogP contribution in [-0.4, -0.2) is 21.8 Å². The molecule has 1 aromatic carbocycles. The molecule has 114 valence electrons. The minimum absolute atomic E-state index is 0.0926. The lowest BCUT2D eigenvalue weighted by Gasteiger charge is -2.05. The predicted octanol–water partition coefficient (Wildman–Crippen LogP) is 1.32. The number of nitrogens with zero attached hydrogens (tertiary/aromatic N) is 2. The quantitative estimate of drug-likeness (QED) is 0.659. The number of hydrogen-bond acceptors (Lipinski definition) is 4. The predicted molar refractivity (Wildman–Crippen MR) is 84.0 cm³/mol. The summed E-state index contributed by atoms with van der Waals surface area (Å²) in [5.41, 5.74) is 4.37. The molecule has 0 aliphatic carbocycles. The number of amides is 1. The lowest BCUT2D eigenvalue weighted by atomic mass is 10.1. The van der Waals surface area contributed by atoms with Gasteiger partial charge in [0.15, 0.2) is 0 Å². The number of hydrogen-bond donors (Lipinski definition) is 2. The summed E-state index contributed by atoms with van der Waals surface area (Å²) < 4.78 is 1.29. The summed E-state index contributed by atoms with van der Waals surface area (Å²) >= 11 is 0. The molecular weight excluding hydrogens is 282 g/mol. The van der Waals surface area contributed by atoms with Crippen molar-refractivity contribution < 1.29 is 9.90 Å². The monoisotopic (exact) mass is 299 g/mol. The molecule has 2 N–H and O–H groups in total. The van der Waals surface area contributed by atoms with Crippen LogP contribution in [0, 0.1) is 13.8 Å². The zero-order valence-electron chi connectivity index (χ0n) is 12.4. The number of carbonyl (C=O) groups is 1. The third kappa shape index (κ3) is 3.82. The average Bonchev–Trinajstić information content (AvgIpc) is 2.47. The van der Waals surface area contributed by atoms with E-state index in [1.807, 2.05) is 0 Å². The highest BCUT2D eigenvalue weighted by Gasteiger charge is 2.03. The molecule has 0 aliphatic heterocycles. The Morgan fingerprint density at radius 1 is 1.32 bits per heavy atom. The Bertz CT molecular complexity index is 755. The van der Waals surface area contributed by atoms with E-state index in [0.717, 1.165) is 16.7 Å². The van der Waals surface area contributed by atoms with Crippen LogP contribution < -0.4 is 11.0 Å². The SMILES string of the molecule is Cc1cc(/C=N/NC(=O)Cn2ccccc2=O)cc(C)c1O. The summed E-state index contributed by atoms with van der Waals surface area (Å²) in [5.74, 6) is -0.138. The van der Waals surface area contributed by atoms with Crippen LogP contribution in [0.25, 0.3) is 0 Å². The Hall–Kier alpha value is -2.89. The molecule has 0 fully saturated rings. The molecule has 0 radical (unpaired) electrons. The van der Waals surface area contributed by atoms with Gasteiger partial charge in [0.2, 0.25) is 0 Å². The first-order valence-corrected chi connectivity index (χ1v) is 6.75. The Balaban J connectivity index is 1.99. The molecule has 0 aliphatic rings. The second-order valence-electron chi connectivity index (χ2n) is 4.96. The number of nitrogens with one attached hydrogen (secondary N) is 1. The van der Waals surface area contributed by atoms with Crippen molar-refractivity contribution in [2.45, 2.75) is 20.4 Å². The van der Waals surface area contributed by atoms with Gasteiger partial charge in [-0.3, -0.25) is 9.59 Å². The minimum atomic E-state index is -0.392. The van der Waals surface area contributed by atoms with Crippen LogP contribution in [0.4, 0.5) is 0 Å². The molecule has 1 amide bonds. The van der Waals surface area contributed by atoms with Crippen molar-refractivity contribution in [2.75, 3.05) is 0 Å². The summed E-state index contributed by atoms with van der Waals surface area (Å²) in [4.78, 5) is 23.2. The fraction of sp³-hybridized carbons (Fsp3) is 0.188. The highest BCUT2D eigenvalue weighted by Crippen LogP contribution is 2.21. The van der Waals surface area contributed by atoms with Gasteiger partial charge in [-0.2, -0.15) is 5.10 Å². The van der Waals surface area contributed by atoms with Crippen molar-refractivity contribution in [1.29, 1.82) is 0 Å². The molecule has 0 atom stereocenters. The van der Waals surface area contributed by atoms with Crippen molar-refractivity contribution in [3.8, 4) is 5.75 Å². The molecule has 0 saturated carbocycles. The van der Waals surface area contributed by atoms with E-state index in [4.69, 9.17) is 0 Å². The van der Waals surface area contributed by atoms with Gasteiger partial charge in [0.05, 0.1) is 6.21 Å². The normalized spacial score (nSPS) is 10.8. The third-order valence-corrected chi connectivity index (χ3v) is 3.13. The van der Waals surface area contributed by atoms with Gasteiger partial charge in [-0.05, 0) is 48.7 Å². The molecule has 6 nitrogen and oxygen atoms in total. The Morgan fingerprint density at radius 2 is 2.00 bits per heavy atom. The van der Waals surface area contributed by atoms with Crippen molar-refractivity contribution >= 4 is 12.1 Å². The van der Waals surface area contributed by atoms with Gasteiger partial charge in [-0.25, -0.2) is 5.43 Å². The maximum Gasteiger partial charge on any atom is 0.260 e. The molecule has 0 unspecified atom stereocenters. The molecule has 0 spiro atoms. The van der Waals surface area contributed by atoms with E-state index in [1.165, 1.54) is 16.8 Å². The number of hydrazone groups is 1. The topological polar surface area (TPSA) is 83.7 Å². The molecular formula is C16H17N3O3. The zero-order chi connectivity index (χ0) is 16.1. The lowest BCUT2D eigenvalue weighted by molar-refractivity contribution is -0.121. The molecule has 1 heterocycles. The van der Waals surface area contributed by atoms with Gasteiger partial charge in [-0.1, -0.05) is 6.07 Å². The molecule has 6 heteroatoms. The summed E-state index contributed by atoms with van der Waals surface area (Å²) in [6, 6.07) is 8.21. The fourth-order valence-corrected chi connectivity index (χ4v) is 2.02. The Kier molecular flexibility index (Phi) is 4.73. The van der Waals surface area contributed by atoms with Crippen molar-refractivity contribution in [1.82, 2.24) is 9.99 Å². The van der Waals surface area contributed by atoms with E-state index in [1.54, 1.807) is 44.3 Å². The van der Waals surface area contributed by atoms with E-state index in [9.17, 15) is 14.7 Å². The van der Waals surface area contributed by atoms with Crippen LogP contribution in [0.15, 0.2) is 46.4 Å². The zero-order valence-corrected chi connectivity index (χ0v) is 12.4. The van der Waals surface area contributed by atoms with Gasteiger partial charge < -0.3 is 9.67 Å². The maximum absolute atomic E-state index is 11.7. The van der Waals surface area contributed by atoms with Crippen LogP contribution in [-0.2, 0) is 11.3 Å². The van der Waals surface area contributed by atoms with E-state index < -0.39 is 5.91 Å². The standard InChI is InChI=1S/C16H17N3O3/c1-11-7-13(8-12(2)16(11)22)9-17-18-14(20)10-19-6-4-3-5-15(19)21/h3-9,22H,10H2,1-2H3,(H,18,20)/b17-9+. The van der Waals surface area contributed by atoms with Crippen molar-refractivity contribution in [3.63, 3.8) is 0 Å². The number of rotatable bonds is 4. The van der Waals surface area contributed by atoms with Crippen LogP contribution in [0.2, 0.25) is 0 Å². The Labute approximate surface area is 127 Å². The van der Waals surface area contributed by atoms with E-state index >= 15 is 0 Å². The molecule has 2 rings (SSSR count). The van der Waals surface area contributed by atoms with Gasteiger partial charge in [0.1, 0.15) is 12.3 Å². The first-order chi connectivity index (χ1) is 10.5. The highest BCUT2D eigenvalue weighted by atomic mass is 16.3. The van der Waals surface area contributed by atoms with E-state index in [0.29, 0.717) is 0 Å². The number of aryl methyl sites for hydroxylation is 2. The summed E-state index contributed by atoms with van der Waals surface area (Å²) in [5, 5.41) is 13.5. The van der Waals surface area contributed by atoms with Gasteiger partial charge in [-0.15, -0.1) is 0 Å². The molecule has 2 aromatic rings. The first-order valence-electron chi connectivity index (χ1n) is 6.75. The number of pyridine rings is 1. The number of aromatic nitrogens is 1. The molecule has 22 heavy (non-hydrogen) atoms. The van der Waals surface area contributed by atoms with Crippen molar-refractivity contribution in [2.24, 2.45) is 5.10 Å². The first kappa shape index (κ1) is 15.5. The lowest BCUT2D eigenvalue weighted by Crippen LogP contribution is -2.28. The number of phenols is 1. The van der Waals surface area contributed by atoms with Crippen LogP contribution in [0.1, 0.15) is 16.7 Å². The van der Waals surface area contributed by atoms with Crippen LogP contribution >= 0.6 is 0 Å². The van der Waals surface area contributed by atoms with Crippen LogP contribution in [0.3, 0.4) is 0 Å². The third-order valence-electron chi connectivity index (χ3n) is 3.13. The maximum atomic E-state index is 11.7. The summed E-state index contributed by atoms with van der Waals surface area (Å²) in [6.45, 7) is 3.49. The molecule has 0 saturated heterocycles. The van der Waals surface area contributed by atoms with Crippen LogP contribution in [0.5, 0.6) is 5.75 Å². The summed E-state index contributed by atoms with van der Waals surface area (Å²) in [6.07, 6.45) is 3.03. The van der Waals surface area contributed by atoms with E-state index in [2.05, 4.69) is 10.5 Å². The molecule has 0 bridgehead atoms. The van der Waals surface area contributed by atoms with Crippen molar-refractivity contribution in [3.05, 3.63) is 63.6 Å². The van der Waals surface area contributed by atoms with Gasteiger partial charge in [0.25, 0.3) is 11.5 Å². The molecule has 1 aromatic heterocycles. The van der Waals surface area contributed by atoms with Gasteiger partial charge >= 0.3 is 0 Å². The minimum Gasteiger partial charge on any atom is -0.507 e. The summed E-state index contributed by atoms with van der Waals surface area (Å²) in [7, 11) is 0. The Morgan fingerprint density at radius 3 is 2.64 bits per heavy atom. The largest absolute Gasteiger partial charge is 0.507 e. The number of carbonyl (C=O) groups excluding carboxylic acids is 1. The fourth-order valence-electron chi connectivity index (χ4n) is 2.02. The van der Waals surface area contributed by atoms with Gasteiger partial charge in [0, 0.05) is 12.3 Å². The average molecular weight is 299 g/mol. The number of phenolic OH excluding ortho intramolecular Hbond substituents is 1. The van der Waals surface area contributed by atoms with E-state index in [-0.39, 0.29) is 17.9 Å².